The van der Waals surface area contributed by atoms with Gasteiger partial charge in [0.05, 0.1) is 18.4 Å². The van der Waals surface area contributed by atoms with Gasteiger partial charge in [-0.2, -0.15) is 5.10 Å². The normalized spacial score (nSPS) is 10.6. The summed E-state index contributed by atoms with van der Waals surface area (Å²) in [6.07, 6.45) is 0. The highest BCUT2D eigenvalue weighted by Gasteiger charge is 2.13. The lowest BCUT2D eigenvalue weighted by molar-refractivity contribution is 0.370. The van der Waals surface area contributed by atoms with Gasteiger partial charge in [-0.25, -0.2) is 9.07 Å². The van der Waals surface area contributed by atoms with E-state index in [0.29, 0.717) is 12.1 Å². The van der Waals surface area contributed by atoms with Gasteiger partial charge in [-0.1, -0.05) is 6.07 Å². The number of nitrogens with zero attached hydrogens (tertiary/aromatic N) is 2. The number of hydrogen-bond donors (Lipinski definition) is 1. The Morgan fingerprint density at radius 1 is 1.37 bits per heavy atom. The molecule has 0 saturated carbocycles. The molecule has 5 heteroatoms. The summed E-state index contributed by atoms with van der Waals surface area (Å²) in [6.45, 7) is 4.22. The van der Waals surface area contributed by atoms with Gasteiger partial charge >= 0.3 is 0 Å². The summed E-state index contributed by atoms with van der Waals surface area (Å²) < 4.78 is 20.5. The lowest BCUT2D eigenvalue weighted by Gasteiger charge is -2.09. The van der Waals surface area contributed by atoms with Crippen molar-refractivity contribution in [3.63, 3.8) is 0 Å². The van der Waals surface area contributed by atoms with Crippen LogP contribution in [0.3, 0.4) is 0 Å². The zero-order valence-electron chi connectivity index (χ0n) is 11.6. The summed E-state index contributed by atoms with van der Waals surface area (Å²) in [5.41, 5.74) is 3.26. The minimum absolute atomic E-state index is 0.208. The predicted molar refractivity (Wildman–Crippen MR) is 73.0 cm³/mol. The second-order valence-electron chi connectivity index (χ2n) is 4.51. The van der Waals surface area contributed by atoms with E-state index < -0.39 is 0 Å². The number of methoxy groups -OCH3 is 1. The smallest absolute Gasteiger partial charge is 0.216 e. The van der Waals surface area contributed by atoms with Gasteiger partial charge in [0, 0.05) is 19.3 Å². The van der Waals surface area contributed by atoms with Crippen LogP contribution in [0, 0.1) is 19.7 Å². The lowest BCUT2D eigenvalue weighted by Crippen LogP contribution is -2.03. The molecule has 0 spiro atoms. The van der Waals surface area contributed by atoms with Gasteiger partial charge in [-0.15, -0.1) is 0 Å². The van der Waals surface area contributed by atoms with E-state index in [-0.39, 0.29) is 5.82 Å². The molecule has 2 aromatic rings. The SMILES string of the molecule is COc1c(CNc2ccc(C)c(F)c2)c(C)nn1C. The molecule has 0 aliphatic carbocycles. The molecule has 1 N–H and O–H groups in total. The topological polar surface area (TPSA) is 39.1 Å². The van der Waals surface area contributed by atoms with Gasteiger partial charge in [0.15, 0.2) is 0 Å². The van der Waals surface area contributed by atoms with E-state index in [1.54, 1.807) is 24.8 Å². The van der Waals surface area contributed by atoms with Crippen molar-refractivity contribution in [1.82, 2.24) is 9.78 Å². The third kappa shape index (κ3) is 2.70. The molecule has 0 amide bonds. The first-order chi connectivity index (χ1) is 9.02. The molecule has 0 radical (unpaired) electrons. The molecule has 1 aromatic carbocycles. The maximum atomic E-state index is 13.5. The molecular formula is C14H18FN3O. The molecule has 2 rings (SSSR count). The van der Waals surface area contributed by atoms with Crippen LogP contribution in [-0.2, 0) is 13.6 Å². The number of ether oxygens (including phenoxy) is 1. The van der Waals surface area contributed by atoms with Crippen LogP contribution < -0.4 is 10.1 Å². The van der Waals surface area contributed by atoms with Crippen LogP contribution in [0.4, 0.5) is 10.1 Å². The van der Waals surface area contributed by atoms with E-state index in [4.69, 9.17) is 4.74 Å². The van der Waals surface area contributed by atoms with Crippen molar-refractivity contribution >= 4 is 5.69 Å². The summed E-state index contributed by atoms with van der Waals surface area (Å²) in [7, 11) is 3.45. The molecule has 4 nitrogen and oxygen atoms in total. The van der Waals surface area contributed by atoms with E-state index in [0.717, 1.165) is 22.8 Å². The third-order valence-electron chi connectivity index (χ3n) is 3.12. The summed E-state index contributed by atoms with van der Waals surface area (Å²) in [6, 6.07) is 5.11. The van der Waals surface area contributed by atoms with Gasteiger partial charge in [-0.05, 0) is 31.5 Å². The van der Waals surface area contributed by atoms with Gasteiger partial charge in [0.25, 0.3) is 0 Å². The van der Waals surface area contributed by atoms with Crippen LogP contribution >= 0.6 is 0 Å². The molecule has 0 unspecified atom stereocenters. The fourth-order valence-electron chi connectivity index (χ4n) is 2.03. The van der Waals surface area contributed by atoms with Crippen molar-refractivity contribution in [2.24, 2.45) is 7.05 Å². The Morgan fingerprint density at radius 3 is 2.74 bits per heavy atom. The number of aryl methyl sites for hydroxylation is 3. The van der Waals surface area contributed by atoms with E-state index >= 15 is 0 Å². The largest absolute Gasteiger partial charge is 0.481 e. The average Bonchev–Trinajstić information content (AvgIpc) is 2.64. The summed E-state index contributed by atoms with van der Waals surface area (Å²) in [4.78, 5) is 0. The maximum absolute atomic E-state index is 13.5. The Balaban J connectivity index is 2.16. The van der Waals surface area contributed by atoms with Crippen molar-refractivity contribution in [3.05, 3.63) is 40.8 Å². The fraction of sp³-hybridized carbons (Fsp3) is 0.357. The number of anilines is 1. The molecule has 1 heterocycles. The van der Waals surface area contributed by atoms with Gasteiger partial charge in [0.2, 0.25) is 5.88 Å². The summed E-state index contributed by atoms with van der Waals surface area (Å²) >= 11 is 0. The highest BCUT2D eigenvalue weighted by atomic mass is 19.1. The monoisotopic (exact) mass is 263 g/mol. The number of nitrogens with one attached hydrogen (secondary N) is 1. The molecule has 0 aliphatic heterocycles. The zero-order valence-corrected chi connectivity index (χ0v) is 11.6. The maximum Gasteiger partial charge on any atom is 0.216 e. The van der Waals surface area contributed by atoms with Crippen LogP contribution in [0.15, 0.2) is 18.2 Å². The second kappa shape index (κ2) is 5.30. The Hall–Kier alpha value is -2.04. The standard InChI is InChI=1S/C14H18FN3O/c1-9-5-6-11(7-13(9)15)16-8-12-10(2)17-18(3)14(12)19-4/h5-7,16H,8H2,1-4H3. The highest BCUT2D eigenvalue weighted by Crippen LogP contribution is 2.22. The molecule has 0 fully saturated rings. The first-order valence-corrected chi connectivity index (χ1v) is 6.09. The minimum atomic E-state index is -0.208. The van der Waals surface area contributed by atoms with E-state index in [1.807, 2.05) is 20.0 Å². The Kier molecular flexibility index (Phi) is 3.74. The average molecular weight is 263 g/mol. The molecule has 1 aromatic heterocycles. The Morgan fingerprint density at radius 2 is 2.11 bits per heavy atom. The van der Waals surface area contributed by atoms with Crippen molar-refractivity contribution in [2.45, 2.75) is 20.4 Å². The Bertz CT molecular complexity index is 593. The summed E-state index contributed by atoms with van der Waals surface area (Å²) in [5.74, 6) is 0.512. The van der Waals surface area contributed by atoms with Crippen molar-refractivity contribution in [3.8, 4) is 5.88 Å². The van der Waals surface area contributed by atoms with Crippen LogP contribution in [-0.4, -0.2) is 16.9 Å². The lowest BCUT2D eigenvalue weighted by atomic mass is 10.2. The van der Waals surface area contributed by atoms with E-state index in [9.17, 15) is 4.39 Å². The van der Waals surface area contributed by atoms with E-state index in [2.05, 4.69) is 10.4 Å². The molecule has 0 saturated heterocycles. The van der Waals surface area contributed by atoms with Gasteiger partial charge in [0.1, 0.15) is 5.82 Å². The molecule has 0 atom stereocenters. The number of halogens is 1. The first kappa shape index (κ1) is 13.4. The second-order valence-corrected chi connectivity index (χ2v) is 4.51. The van der Waals surface area contributed by atoms with Crippen molar-refractivity contribution in [1.29, 1.82) is 0 Å². The highest BCUT2D eigenvalue weighted by molar-refractivity contribution is 5.46. The third-order valence-corrected chi connectivity index (χ3v) is 3.12. The zero-order chi connectivity index (χ0) is 14.0. The summed E-state index contributed by atoms with van der Waals surface area (Å²) in [5, 5.41) is 7.49. The molecule has 102 valence electrons. The van der Waals surface area contributed by atoms with Crippen LogP contribution in [0.25, 0.3) is 0 Å². The van der Waals surface area contributed by atoms with Crippen LogP contribution in [0.2, 0.25) is 0 Å². The van der Waals surface area contributed by atoms with Crippen LogP contribution in [0.5, 0.6) is 5.88 Å². The minimum Gasteiger partial charge on any atom is -0.481 e. The number of benzene rings is 1. The van der Waals surface area contributed by atoms with Crippen molar-refractivity contribution < 1.29 is 9.13 Å². The van der Waals surface area contributed by atoms with E-state index in [1.165, 1.54) is 6.07 Å². The fourth-order valence-corrected chi connectivity index (χ4v) is 2.03. The molecule has 0 aliphatic rings. The molecule has 19 heavy (non-hydrogen) atoms. The predicted octanol–water partition coefficient (Wildman–Crippen LogP) is 2.80. The number of aromatic nitrogens is 2. The number of hydrogen-bond acceptors (Lipinski definition) is 3. The molecular weight excluding hydrogens is 245 g/mol. The van der Waals surface area contributed by atoms with Crippen LogP contribution in [0.1, 0.15) is 16.8 Å². The quantitative estimate of drug-likeness (QED) is 0.922. The van der Waals surface area contributed by atoms with Gasteiger partial charge < -0.3 is 10.1 Å². The molecule has 0 bridgehead atoms. The first-order valence-electron chi connectivity index (χ1n) is 6.09. The van der Waals surface area contributed by atoms with Crippen molar-refractivity contribution in [2.75, 3.05) is 12.4 Å². The van der Waals surface area contributed by atoms with Gasteiger partial charge in [-0.3, -0.25) is 0 Å². The number of rotatable bonds is 4. The Labute approximate surface area is 112 Å².